The third-order valence-electron chi connectivity index (χ3n) is 1.13. The minimum absolute atomic E-state index is 0.0850. The zero-order chi connectivity index (χ0) is 7.98. The highest BCUT2D eigenvalue weighted by molar-refractivity contribution is 5.69. The topological polar surface area (TPSA) is 49.3 Å². The summed E-state index contributed by atoms with van der Waals surface area (Å²) in [6.07, 6.45) is 0.824. The Morgan fingerprint density at radius 3 is 2.70 bits per heavy atom. The van der Waals surface area contributed by atoms with Crippen LogP contribution < -0.4 is 5.32 Å². The fourth-order valence-corrected chi connectivity index (χ4v) is 0.604. The van der Waals surface area contributed by atoms with E-state index in [0.29, 0.717) is 0 Å². The molecule has 0 saturated carbocycles. The fraction of sp³-hybridized carbons (Fsp3) is 0.571. The van der Waals surface area contributed by atoms with E-state index < -0.39 is 5.97 Å². The first-order valence-electron chi connectivity index (χ1n) is 3.20. The lowest BCUT2D eigenvalue weighted by Crippen LogP contribution is -2.09. The summed E-state index contributed by atoms with van der Waals surface area (Å²) in [5.74, 6) is -0.805. The predicted molar refractivity (Wildman–Crippen MR) is 39.9 cm³/mol. The number of hydrogen-bond donors (Lipinski definition) is 2. The molecule has 0 radical (unpaired) electrons. The lowest BCUT2D eigenvalue weighted by atomic mass is 10.1. The van der Waals surface area contributed by atoms with Crippen LogP contribution in [-0.2, 0) is 4.79 Å². The minimum atomic E-state index is -0.805. The fourth-order valence-electron chi connectivity index (χ4n) is 0.604. The van der Waals surface area contributed by atoms with Crippen molar-refractivity contribution in [1.29, 1.82) is 0 Å². The zero-order valence-electron chi connectivity index (χ0n) is 6.18. The highest BCUT2D eigenvalue weighted by Crippen LogP contribution is 2.01. The van der Waals surface area contributed by atoms with Gasteiger partial charge in [-0.1, -0.05) is 12.2 Å². The molecule has 0 heterocycles. The summed E-state index contributed by atoms with van der Waals surface area (Å²) in [6, 6.07) is 0. The van der Waals surface area contributed by atoms with Crippen molar-refractivity contribution < 1.29 is 9.90 Å². The smallest absolute Gasteiger partial charge is 0.307 e. The van der Waals surface area contributed by atoms with Gasteiger partial charge in [0.05, 0.1) is 6.42 Å². The van der Waals surface area contributed by atoms with Crippen LogP contribution in [0.25, 0.3) is 0 Å². The lowest BCUT2D eigenvalue weighted by molar-refractivity contribution is -0.136. The molecule has 0 aromatic carbocycles. The van der Waals surface area contributed by atoms with Gasteiger partial charge in [0.15, 0.2) is 0 Å². The second-order valence-corrected chi connectivity index (χ2v) is 2.17. The molecule has 0 rings (SSSR count). The average molecular weight is 143 g/mol. The maximum Gasteiger partial charge on any atom is 0.307 e. The second-order valence-electron chi connectivity index (χ2n) is 2.17. The van der Waals surface area contributed by atoms with E-state index in [2.05, 4.69) is 11.9 Å². The van der Waals surface area contributed by atoms with Crippen LogP contribution in [-0.4, -0.2) is 24.7 Å². The summed E-state index contributed by atoms with van der Waals surface area (Å²) >= 11 is 0. The van der Waals surface area contributed by atoms with Crippen molar-refractivity contribution in [2.75, 3.05) is 13.6 Å². The van der Waals surface area contributed by atoms with Crippen LogP contribution in [0.4, 0.5) is 0 Å². The Kier molecular flexibility index (Phi) is 4.58. The zero-order valence-corrected chi connectivity index (χ0v) is 6.18. The van der Waals surface area contributed by atoms with E-state index in [1.807, 2.05) is 7.05 Å². The normalized spacial score (nSPS) is 9.30. The van der Waals surface area contributed by atoms with Crippen LogP contribution in [0.15, 0.2) is 12.2 Å². The Morgan fingerprint density at radius 1 is 1.70 bits per heavy atom. The van der Waals surface area contributed by atoms with Gasteiger partial charge in [-0.2, -0.15) is 0 Å². The molecule has 0 aromatic rings. The molecule has 58 valence electrons. The van der Waals surface area contributed by atoms with E-state index in [-0.39, 0.29) is 6.42 Å². The van der Waals surface area contributed by atoms with Crippen molar-refractivity contribution in [3.63, 3.8) is 0 Å². The highest BCUT2D eigenvalue weighted by Gasteiger charge is 1.99. The summed E-state index contributed by atoms with van der Waals surface area (Å²) in [7, 11) is 1.83. The van der Waals surface area contributed by atoms with Crippen molar-refractivity contribution >= 4 is 5.97 Å². The Bertz CT molecular complexity index is 132. The van der Waals surface area contributed by atoms with Gasteiger partial charge in [0.25, 0.3) is 0 Å². The number of carbonyl (C=O) groups is 1. The summed E-state index contributed by atoms with van der Waals surface area (Å²) in [6.45, 7) is 4.41. The quantitative estimate of drug-likeness (QED) is 0.555. The number of nitrogens with one attached hydrogen (secondary N) is 1. The van der Waals surface area contributed by atoms with Gasteiger partial charge in [0.2, 0.25) is 0 Å². The number of carboxylic acids is 1. The SMILES string of the molecule is C=C(CCNC)CC(=O)O. The molecule has 0 spiro atoms. The van der Waals surface area contributed by atoms with Crippen LogP contribution in [0.2, 0.25) is 0 Å². The number of carboxylic acid groups (broad SMARTS) is 1. The standard InChI is InChI=1S/C7H13NO2/c1-6(3-4-8-2)5-7(9)10/h8H,1,3-5H2,2H3,(H,9,10). The van der Waals surface area contributed by atoms with Crippen molar-refractivity contribution in [3.8, 4) is 0 Å². The molecule has 3 nitrogen and oxygen atoms in total. The Morgan fingerprint density at radius 2 is 2.30 bits per heavy atom. The first-order valence-corrected chi connectivity index (χ1v) is 3.20. The molecule has 3 heteroatoms. The van der Waals surface area contributed by atoms with Gasteiger partial charge in [-0.05, 0) is 20.0 Å². The molecule has 0 aliphatic carbocycles. The van der Waals surface area contributed by atoms with Crippen molar-refractivity contribution in [1.82, 2.24) is 5.32 Å². The molecular weight excluding hydrogens is 130 g/mol. The van der Waals surface area contributed by atoms with Crippen molar-refractivity contribution in [2.24, 2.45) is 0 Å². The Hall–Kier alpha value is -0.830. The van der Waals surface area contributed by atoms with E-state index in [9.17, 15) is 4.79 Å². The van der Waals surface area contributed by atoms with Crippen LogP contribution in [0.5, 0.6) is 0 Å². The number of rotatable bonds is 5. The van der Waals surface area contributed by atoms with Gasteiger partial charge in [0.1, 0.15) is 0 Å². The average Bonchev–Trinajstić information content (AvgIpc) is 1.82. The van der Waals surface area contributed by atoms with Gasteiger partial charge in [-0.3, -0.25) is 4.79 Å². The molecule has 0 bridgehead atoms. The van der Waals surface area contributed by atoms with Gasteiger partial charge in [-0.25, -0.2) is 0 Å². The number of hydrogen-bond acceptors (Lipinski definition) is 2. The maximum absolute atomic E-state index is 10.1. The molecule has 0 unspecified atom stereocenters. The predicted octanol–water partition coefficient (Wildman–Crippen LogP) is 0.627. The van der Waals surface area contributed by atoms with E-state index >= 15 is 0 Å². The third-order valence-corrected chi connectivity index (χ3v) is 1.13. The van der Waals surface area contributed by atoms with Crippen LogP contribution in [0, 0.1) is 0 Å². The van der Waals surface area contributed by atoms with Crippen LogP contribution in [0.1, 0.15) is 12.8 Å². The van der Waals surface area contributed by atoms with Gasteiger partial charge < -0.3 is 10.4 Å². The molecule has 10 heavy (non-hydrogen) atoms. The number of aliphatic carboxylic acids is 1. The molecule has 0 fully saturated rings. The largest absolute Gasteiger partial charge is 0.481 e. The second kappa shape index (κ2) is 4.99. The van der Waals surface area contributed by atoms with Gasteiger partial charge >= 0.3 is 5.97 Å². The molecule has 0 saturated heterocycles. The van der Waals surface area contributed by atoms with E-state index in [4.69, 9.17) is 5.11 Å². The molecule has 0 aliphatic heterocycles. The molecule has 2 N–H and O–H groups in total. The summed E-state index contributed by atoms with van der Waals surface area (Å²) in [5.41, 5.74) is 0.766. The van der Waals surface area contributed by atoms with E-state index in [1.54, 1.807) is 0 Å². The van der Waals surface area contributed by atoms with Gasteiger partial charge in [0, 0.05) is 0 Å². The molecule has 0 aromatic heterocycles. The first-order chi connectivity index (χ1) is 4.66. The monoisotopic (exact) mass is 143 g/mol. The van der Waals surface area contributed by atoms with Crippen molar-refractivity contribution in [3.05, 3.63) is 12.2 Å². The highest BCUT2D eigenvalue weighted by atomic mass is 16.4. The minimum Gasteiger partial charge on any atom is -0.481 e. The summed E-state index contributed by atoms with van der Waals surface area (Å²) in [4.78, 5) is 10.1. The van der Waals surface area contributed by atoms with E-state index in [0.717, 1.165) is 18.5 Å². The third kappa shape index (κ3) is 5.31. The van der Waals surface area contributed by atoms with Crippen molar-refractivity contribution in [2.45, 2.75) is 12.8 Å². The Labute approximate surface area is 60.7 Å². The van der Waals surface area contributed by atoms with Crippen LogP contribution in [0.3, 0.4) is 0 Å². The molecule has 0 atom stereocenters. The summed E-state index contributed by atoms with van der Waals surface area (Å²) in [5, 5.41) is 11.2. The molecular formula is C7H13NO2. The van der Waals surface area contributed by atoms with Gasteiger partial charge in [-0.15, -0.1) is 0 Å². The van der Waals surface area contributed by atoms with E-state index in [1.165, 1.54) is 0 Å². The molecule has 0 amide bonds. The molecule has 0 aliphatic rings. The lowest BCUT2D eigenvalue weighted by Gasteiger charge is -1.99. The first kappa shape index (κ1) is 9.17. The van der Waals surface area contributed by atoms with Crippen LogP contribution >= 0.6 is 0 Å². The maximum atomic E-state index is 10.1. The summed E-state index contributed by atoms with van der Waals surface area (Å²) < 4.78 is 0. The Balaban J connectivity index is 3.35.